The molecule has 1 fully saturated rings. The van der Waals surface area contributed by atoms with Crippen molar-refractivity contribution in [2.45, 2.75) is 6.54 Å². The van der Waals surface area contributed by atoms with Crippen LogP contribution in [0.25, 0.3) is 0 Å². The summed E-state index contributed by atoms with van der Waals surface area (Å²) in [6.45, 7) is 3.79. The van der Waals surface area contributed by atoms with E-state index in [-0.39, 0.29) is 6.03 Å². The Balaban J connectivity index is 1.46. The van der Waals surface area contributed by atoms with E-state index in [1.165, 1.54) is 0 Å². The Labute approximate surface area is 125 Å². The number of nitrogens with zero attached hydrogens (tertiary/aromatic N) is 3. The van der Waals surface area contributed by atoms with Gasteiger partial charge in [0.1, 0.15) is 0 Å². The first kappa shape index (κ1) is 13.4. The number of hydrogen-bond donors (Lipinski definition) is 1. The standard InChI is InChI=1S/C13H16N4OS2/c18-12(15-9-11-1-7-19-10-11)16-3-5-17(6-4-16)13-14-2-8-20-13/h1-2,7-8,10H,3-6,9H2,(H,15,18). The predicted octanol–water partition coefficient (Wildman–Crippen LogP) is 2.24. The summed E-state index contributed by atoms with van der Waals surface area (Å²) in [5, 5.41) is 10.1. The molecule has 0 saturated carbocycles. The first-order valence-electron chi connectivity index (χ1n) is 6.51. The van der Waals surface area contributed by atoms with E-state index in [4.69, 9.17) is 0 Å². The zero-order chi connectivity index (χ0) is 13.8. The molecule has 2 aromatic heterocycles. The van der Waals surface area contributed by atoms with E-state index in [0.717, 1.165) is 36.9 Å². The molecule has 0 spiro atoms. The molecule has 1 aliphatic heterocycles. The zero-order valence-corrected chi connectivity index (χ0v) is 12.6. The molecule has 5 nitrogen and oxygen atoms in total. The van der Waals surface area contributed by atoms with E-state index in [1.807, 2.05) is 27.9 Å². The highest BCUT2D eigenvalue weighted by atomic mass is 32.1. The van der Waals surface area contributed by atoms with Crippen molar-refractivity contribution in [2.24, 2.45) is 0 Å². The number of thiazole rings is 1. The van der Waals surface area contributed by atoms with Crippen molar-refractivity contribution < 1.29 is 4.79 Å². The fourth-order valence-electron chi connectivity index (χ4n) is 2.16. The predicted molar refractivity (Wildman–Crippen MR) is 82.5 cm³/mol. The summed E-state index contributed by atoms with van der Waals surface area (Å²) in [6.07, 6.45) is 1.82. The molecule has 20 heavy (non-hydrogen) atoms. The Hall–Kier alpha value is -1.60. The van der Waals surface area contributed by atoms with Crippen molar-refractivity contribution in [2.75, 3.05) is 31.1 Å². The lowest BCUT2D eigenvalue weighted by atomic mass is 10.3. The van der Waals surface area contributed by atoms with E-state index < -0.39 is 0 Å². The number of aromatic nitrogens is 1. The van der Waals surface area contributed by atoms with Gasteiger partial charge in [-0.3, -0.25) is 0 Å². The molecule has 0 aliphatic carbocycles. The molecule has 2 amide bonds. The number of hydrogen-bond acceptors (Lipinski definition) is 5. The second-order valence-electron chi connectivity index (χ2n) is 4.58. The molecule has 1 aliphatic rings. The SMILES string of the molecule is O=C(NCc1ccsc1)N1CCN(c2nccs2)CC1. The highest BCUT2D eigenvalue weighted by molar-refractivity contribution is 7.13. The van der Waals surface area contributed by atoms with Crippen LogP contribution in [0, 0.1) is 0 Å². The Bertz CT molecular complexity index is 533. The molecule has 1 saturated heterocycles. The van der Waals surface area contributed by atoms with Gasteiger partial charge in [-0.15, -0.1) is 11.3 Å². The number of carbonyl (C=O) groups is 1. The van der Waals surface area contributed by atoms with E-state index in [9.17, 15) is 4.79 Å². The van der Waals surface area contributed by atoms with E-state index in [1.54, 1.807) is 22.7 Å². The molecule has 0 unspecified atom stereocenters. The molecule has 2 aromatic rings. The maximum absolute atomic E-state index is 12.1. The largest absolute Gasteiger partial charge is 0.345 e. The van der Waals surface area contributed by atoms with Gasteiger partial charge in [0, 0.05) is 44.3 Å². The number of carbonyl (C=O) groups excluding carboxylic acids is 1. The van der Waals surface area contributed by atoms with Crippen LogP contribution < -0.4 is 10.2 Å². The lowest BCUT2D eigenvalue weighted by Gasteiger charge is -2.34. The average molecular weight is 308 g/mol. The van der Waals surface area contributed by atoms with Crippen LogP contribution in [0.2, 0.25) is 0 Å². The highest BCUT2D eigenvalue weighted by Gasteiger charge is 2.21. The Morgan fingerprint density at radius 1 is 1.30 bits per heavy atom. The number of urea groups is 1. The van der Waals surface area contributed by atoms with Gasteiger partial charge in [0.25, 0.3) is 0 Å². The number of anilines is 1. The third-order valence-corrected chi connectivity index (χ3v) is 4.84. The molecule has 0 atom stereocenters. The van der Waals surface area contributed by atoms with Gasteiger partial charge < -0.3 is 15.1 Å². The smallest absolute Gasteiger partial charge is 0.317 e. The molecule has 0 bridgehead atoms. The zero-order valence-electron chi connectivity index (χ0n) is 11.0. The summed E-state index contributed by atoms with van der Waals surface area (Å²) in [5.74, 6) is 0. The second kappa shape index (κ2) is 6.23. The van der Waals surface area contributed by atoms with Gasteiger partial charge in [0.15, 0.2) is 5.13 Å². The summed E-state index contributed by atoms with van der Waals surface area (Å²) in [6, 6.07) is 2.06. The minimum absolute atomic E-state index is 0.0231. The van der Waals surface area contributed by atoms with Gasteiger partial charge in [-0.05, 0) is 22.4 Å². The molecule has 0 aromatic carbocycles. The van der Waals surface area contributed by atoms with Gasteiger partial charge in [0.05, 0.1) is 0 Å². The first-order chi connectivity index (χ1) is 9.83. The Kier molecular flexibility index (Phi) is 4.17. The Morgan fingerprint density at radius 2 is 2.15 bits per heavy atom. The summed E-state index contributed by atoms with van der Waals surface area (Å²) in [4.78, 5) is 20.5. The number of thiophene rings is 1. The van der Waals surface area contributed by atoms with Crippen molar-refractivity contribution >= 4 is 33.8 Å². The average Bonchev–Trinajstić information content (AvgIpc) is 3.18. The van der Waals surface area contributed by atoms with E-state index in [0.29, 0.717) is 6.54 Å². The molecule has 7 heteroatoms. The van der Waals surface area contributed by atoms with Crippen LogP contribution in [0.15, 0.2) is 28.4 Å². The van der Waals surface area contributed by atoms with Crippen LogP contribution in [-0.4, -0.2) is 42.1 Å². The summed E-state index contributed by atoms with van der Waals surface area (Å²) in [7, 11) is 0. The first-order valence-corrected chi connectivity index (χ1v) is 8.33. The van der Waals surface area contributed by atoms with Crippen molar-refractivity contribution in [3.05, 3.63) is 34.0 Å². The van der Waals surface area contributed by atoms with Crippen molar-refractivity contribution in [3.8, 4) is 0 Å². The number of piperazine rings is 1. The van der Waals surface area contributed by atoms with Crippen molar-refractivity contribution in [3.63, 3.8) is 0 Å². The number of amides is 2. The second-order valence-corrected chi connectivity index (χ2v) is 6.23. The lowest BCUT2D eigenvalue weighted by molar-refractivity contribution is 0.194. The fourth-order valence-corrected chi connectivity index (χ4v) is 3.52. The number of rotatable bonds is 3. The quantitative estimate of drug-likeness (QED) is 0.946. The van der Waals surface area contributed by atoms with Crippen LogP contribution in [0.3, 0.4) is 0 Å². The minimum Gasteiger partial charge on any atom is -0.345 e. The molecule has 1 N–H and O–H groups in total. The summed E-state index contributed by atoms with van der Waals surface area (Å²) in [5.41, 5.74) is 1.16. The van der Waals surface area contributed by atoms with E-state index >= 15 is 0 Å². The van der Waals surface area contributed by atoms with Gasteiger partial charge in [-0.1, -0.05) is 0 Å². The highest BCUT2D eigenvalue weighted by Crippen LogP contribution is 2.18. The molecular weight excluding hydrogens is 292 g/mol. The van der Waals surface area contributed by atoms with Crippen LogP contribution in [0.4, 0.5) is 9.93 Å². The van der Waals surface area contributed by atoms with Crippen LogP contribution in [0.5, 0.6) is 0 Å². The van der Waals surface area contributed by atoms with Gasteiger partial charge in [-0.2, -0.15) is 11.3 Å². The van der Waals surface area contributed by atoms with Crippen molar-refractivity contribution in [1.82, 2.24) is 15.2 Å². The minimum atomic E-state index is 0.0231. The normalized spacial score (nSPS) is 15.4. The molecule has 106 valence electrons. The topological polar surface area (TPSA) is 48.5 Å². The summed E-state index contributed by atoms with van der Waals surface area (Å²) < 4.78 is 0. The summed E-state index contributed by atoms with van der Waals surface area (Å²) >= 11 is 3.29. The van der Waals surface area contributed by atoms with Crippen LogP contribution in [0.1, 0.15) is 5.56 Å². The van der Waals surface area contributed by atoms with Gasteiger partial charge >= 0.3 is 6.03 Å². The molecular formula is C13H16N4OS2. The molecule has 3 rings (SSSR count). The maximum atomic E-state index is 12.1. The fraction of sp³-hybridized carbons (Fsp3) is 0.385. The van der Waals surface area contributed by atoms with Crippen molar-refractivity contribution in [1.29, 1.82) is 0 Å². The van der Waals surface area contributed by atoms with E-state index in [2.05, 4.69) is 20.6 Å². The lowest BCUT2D eigenvalue weighted by Crippen LogP contribution is -2.51. The maximum Gasteiger partial charge on any atom is 0.317 e. The van der Waals surface area contributed by atoms with Crippen LogP contribution >= 0.6 is 22.7 Å². The van der Waals surface area contributed by atoms with Crippen LogP contribution in [-0.2, 0) is 6.54 Å². The number of nitrogens with one attached hydrogen (secondary N) is 1. The van der Waals surface area contributed by atoms with Gasteiger partial charge in [-0.25, -0.2) is 9.78 Å². The third-order valence-electron chi connectivity index (χ3n) is 3.28. The Morgan fingerprint density at radius 3 is 2.80 bits per heavy atom. The van der Waals surface area contributed by atoms with Gasteiger partial charge in [0.2, 0.25) is 0 Å². The third kappa shape index (κ3) is 3.10. The molecule has 3 heterocycles. The monoisotopic (exact) mass is 308 g/mol. The molecule has 0 radical (unpaired) electrons.